The first-order valence-corrected chi connectivity index (χ1v) is 13.0. The summed E-state index contributed by atoms with van der Waals surface area (Å²) in [4.78, 5) is 5.82. The van der Waals surface area contributed by atoms with E-state index in [-0.39, 0.29) is 6.04 Å². The molecule has 1 heterocycles. The molecule has 1 aliphatic rings. The van der Waals surface area contributed by atoms with Crippen molar-refractivity contribution in [2.24, 2.45) is 0 Å². The second-order valence-electron chi connectivity index (χ2n) is 9.35. The molecular formula is C32H32N2OS. The summed E-state index contributed by atoms with van der Waals surface area (Å²) in [6.07, 6.45) is 0. The molecule has 0 bridgehead atoms. The van der Waals surface area contributed by atoms with Gasteiger partial charge in [0.2, 0.25) is 0 Å². The van der Waals surface area contributed by atoms with Crippen molar-refractivity contribution in [2.75, 3.05) is 26.2 Å². The van der Waals surface area contributed by atoms with E-state index in [9.17, 15) is 0 Å². The number of hydrogen-bond acceptors (Lipinski definition) is 3. The van der Waals surface area contributed by atoms with Crippen molar-refractivity contribution in [3.05, 3.63) is 137 Å². The molecule has 4 heteroatoms. The van der Waals surface area contributed by atoms with Crippen LogP contribution in [-0.2, 0) is 6.61 Å². The standard InChI is InChI=1S/C32H32N2OS/c1-25-12-14-26(15-13-25)24-35-30-18-16-29(17-19-30)32(36)34-22-20-33(21-23-34)31(27-8-4-2-5-9-27)28-10-6-3-7-11-28/h2-19,31H,20-24H2,1H3. The minimum Gasteiger partial charge on any atom is -0.489 e. The zero-order valence-corrected chi connectivity index (χ0v) is 21.5. The van der Waals surface area contributed by atoms with Crippen LogP contribution < -0.4 is 4.74 Å². The SMILES string of the molecule is Cc1ccc(COc2ccc(C(=S)N3CCN(C(c4ccccc4)c4ccccc4)CC3)cc2)cc1. The molecule has 4 aromatic carbocycles. The first kappa shape index (κ1) is 24.2. The van der Waals surface area contributed by atoms with Gasteiger partial charge in [0, 0.05) is 31.7 Å². The van der Waals surface area contributed by atoms with E-state index in [1.807, 2.05) is 12.1 Å². The summed E-state index contributed by atoms with van der Waals surface area (Å²) in [6.45, 7) is 6.42. The van der Waals surface area contributed by atoms with Crippen molar-refractivity contribution in [1.29, 1.82) is 0 Å². The van der Waals surface area contributed by atoms with Gasteiger partial charge in [0.15, 0.2) is 0 Å². The molecule has 3 nitrogen and oxygen atoms in total. The maximum atomic E-state index is 5.97. The number of thiocarbonyl (C=S) groups is 1. The second-order valence-corrected chi connectivity index (χ2v) is 9.74. The van der Waals surface area contributed by atoms with Crippen LogP contribution in [0.15, 0.2) is 109 Å². The number of ether oxygens (including phenoxy) is 1. The van der Waals surface area contributed by atoms with Gasteiger partial charge in [-0.05, 0) is 47.9 Å². The van der Waals surface area contributed by atoms with Crippen molar-refractivity contribution < 1.29 is 4.74 Å². The molecule has 36 heavy (non-hydrogen) atoms. The first-order valence-electron chi connectivity index (χ1n) is 12.6. The predicted octanol–water partition coefficient (Wildman–Crippen LogP) is 6.66. The molecule has 1 aliphatic heterocycles. The minimum atomic E-state index is 0.257. The molecule has 0 radical (unpaired) electrons. The van der Waals surface area contributed by atoms with Gasteiger partial charge in [0.05, 0.1) is 6.04 Å². The minimum absolute atomic E-state index is 0.257. The molecular weight excluding hydrogens is 460 g/mol. The van der Waals surface area contributed by atoms with Gasteiger partial charge in [-0.1, -0.05) is 103 Å². The Hall–Kier alpha value is -3.47. The Morgan fingerprint density at radius 1 is 0.722 bits per heavy atom. The summed E-state index contributed by atoms with van der Waals surface area (Å²) in [5.41, 5.74) is 6.17. The van der Waals surface area contributed by atoms with Crippen LogP contribution in [-0.4, -0.2) is 41.0 Å². The summed E-state index contributed by atoms with van der Waals surface area (Å²) in [5, 5.41) is 0. The Bertz CT molecular complexity index is 1210. The molecule has 0 amide bonds. The molecule has 182 valence electrons. The lowest BCUT2D eigenvalue weighted by Gasteiger charge is -2.40. The van der Waals surface area contributed by atoms with Crippen LogP contribution in [0.4, 0.5) is 0 Å². The third kappa shape index (κ3) is 5.84. The second kappa shape index (κ2) is 11.5. The van der Waals surface area contributed by atoms with Gasteiger partial charge < -0.3 is 9.64 Å². The van der Waals surface area contributed by atoms with Crippen LogP contribution in [0.25, 0.3) is 0 Å². The quantitative estimate of drug-likeness (QED) is 0.268. The number of hydrogen-bond donors (Lipinski definition) is 0. The van der Waals surface area contributed by atoms with Crippen LogP contribution in [0.3, 0.4) is 0 Å². The lowest BCUT2D eigenvalue weighted by Crippen LogP contribution is -2.49. The predicted molar refractivity (Wildman–Crippen MR) is 152 cm³/mol. The molecule has 0 aliphatic carbocycles. The zero-order valence-electron chi connectivity index (χ0n) is 20.7. The van der Waals surface area contributed by atoms with Crippen molar-refractivity contribution in [3.63, 3.8) is 0 Å². The maximum Gasteiger partial charge on any atom is 0.119 e. The Labute approximate surface area is 220 Å². The van der Waals surface area contributed by atoms with Gasteiger partial charge in [0.1, 0.15) is 17.3 Å². The third-order valence-corrected chi connectivity index (χ3v) is 7.32. The lowest BCUT2D eigenvalue weighted by atomic mass is 9.96. The van der Waals surface area contributed by atoms with Crippen molar-refractivity contribution in [2.45, 2.75) is 19.6 Å². The van der Waals surface area contributed by atoms with Crippen molar-refractivity contribution in [1.82, 2.24) is 9.80 Å². The summed E-state index contributed by atoms with van der Waals surface area (Å²) in [5.74, 6) is 0.862. The number of benzene rings is 4. The van der Waals surface area contributed by atoms with Crippen LogP contribution in [0.5, 0.6) is 5.75 Å². The molecule has 1 fully saturated rings. The highest BCUT2D eigenvalue weighted by Gasteiger charge is 2.27. The van der Waals surface area contributed by atoms with Gasteiger partial charge in [-0.2, -0.15) is 0 Å². The summed E-state index contributed by atoms with van der Waals surface area (Å²) in [6, 6.07) is 38.5. The molecule has 0 unspecified atom stereocenters. The Morgan fingerprint density at radius 3 is 1.83 bits per heavy atom. The number of aryl methyl sites for hydroxylation is 1. The van der Waals surface area contributed by atoms with E-state index in [0.29, 0.717) is 6.61 Å². The molecule has 0 atom stereocenters. The third-order valence-electron chi connectivity index (χ3n) is 6.82. The molecule has 1 saturated heterocycles. The highest BCUT2D eigenvalue weighted by Crippen LogP contribution is 2.30. The first-order chi connectivity index (χ1) is 17.7. The zero-order chi connectivity index (χ0) is 24.7. The fourth-order valence-electron chi connectivity index (χ4n) is 4.80. The van der Waals surface area contributed by atoms with Crippen LogP contribution >= 0.6 is 12.2 Å². The van der Waals surface area contributed by atoms with Gasteiger partial charge in [0.25, 0.3) is 0 Å². The van der Waals surface area contributed by atoms with E-state index in [1.54, 1.807) is 0 Å². The highest BCUT2D eigenvalue weighted by molar-refractivity contribution is 7.80. The molecule has 0 spiro atoms. The van der Waals surface area contributed by atoms with Crippen molar-refractivity contribution in [3.8, 4) is 5.75 Å². The maximum absolute atomic E-state index is 5.97. The number of nitrogens with zero attached hydrogens (tertiary/aromatic N) is 2. The van der Waals surface area contributed by atoms with E-state index in [1.165, 1.54) is 22.3 Å². The van der Waals surface area contributed by atoms with Gasteiger partial charge in [-0.3, -0.25) is 4.90 Å². The van der Waals surface area contributed by atoms with E-state index >= 15 is 0 Å². The molecule has 0 N–H and O–H groups in total. The molecule has 5 rings (SSSR count). The average molecular weight is 493 g/mol. The normalized spacial score (nSPS) is 14.1. The van der Waals surface area contributed by atoms with Crippen LogP contribution in [0.2, 0.25) is 0 Å². The fourth-order valence-corrected chi connectivity index (χ4v) is 5.11. The lowest BCUT2D eigenvalue weighted by molar-refractivity contribution is 0.152. The number of rotatable bonds is 7. The van der Waals surface area contributed by atoms with Gasteiger partial charge in [-0.15, -0.1) is 0 Å². The smallest absolute Gasteiger partial charge is 0.119 e. The van der Waals surface area contributed by atoms with E-state index < -0.39 is 0 Å². The molecule has 0 aromatic heterocycles. The van der Waals surface area contributed by atoms with Crippen LogP contribution in [0.1, 0.15) is 33.9 Å². The average Bonchev–Trinajstić information content (AvgIpc) is 2.94. The Balaban J connectivity index is 1.20. The van der Waals surface area contributed by atoms with Gasteiger partial charge in [-0.25, -0.2) is 0 Å². The molecule has 4 aromatic rings. The van der Waals surface area contributed by atoms with Crippen LogP contribution in [0, 0.1) is 6.92 Å². The van der Waals surface area contributed by atoms with E-state index in [4.69, 9.17) is 17.0 Å². The largest absolute Gasteiger partial charge is 0.489 e. The fraction of sp³-hybridized carbons (Fsp3) is 0.219. The Morgan fingerprint density at radius 2 is 1.28 bits per heavy atom. The van der Waals surface area contributed by atoms with Gasteiger partial charge >= 0.3 is 0 Å². The number of piperazine rings is 1. The van der Waals surface area contributed by atoms with E-state index in [2.05, 4.69) is 114 Å². The van der Waals surface area contributed by atoms with E-state index in [0.717, 1.165) is 42.5 Å². The summed E-state index contributed by atoms with van der Waals surface area (Å²) >= 11 is 5.89. The topological polar surface area (TPSA) is 15.7 Å². The summed E-state index contributed by atoms with van der Waals surface area (Å²) in [7, 11) is 0. The van der Waals surface area contributed by atoms with Crippen molar-refractivity contribution >= 4 is 17.2 Å². The molecule has 0 saturated carbocycles. The Kier molecular flexibility index (Phi) is 7.75. The summed E-state index contributed by atoms with van der Waals surface area (Å²) < 4.78 is 5.97. The monoisotopic (exact) mass is 492 g/mol. The highest BCUT2D eigenvalue weighted by atomic mass is 32.1.